The molecule has 0 bridgehead atoms. The second-order valence-electron chi connectivity index (χ2n) is 4.66. The molecule has 23 heavy (non-hydrogen) atoms. The molecule has 1 heterocycles. The lowest BCUT2D eigenvalue weighted by Crippen LogP contribution is -1.89. The van der Waals surface area contributed by atoms with Crippen molar-refractivity contribution < 1.29 is 9.45 Å². The lowest BCUT2D eigenvalue weighted by Gasteiger charge is -2.02. The maximum Gasteiger partial charge on any atom is 0.270 e. The Morgan fingerprint density at radius 2 is 2.04 bits per heavy atom. The second-order valence-corrected chi connectivity index (χ2v) is 5.97. The van der Waals surface area contributed by atoms with E-state index in [4.69, 9.17) is 4.52 Å². The summed E-state index contributed by atoms with van der Waals surface area (Å²) in [5, 5.41) is 14.8. The first kappa shape index (κ1) is 15.2. The third-order valence-corrected chi connectivity index (χ3v) is 4.11. The van der Waals surface area contributed by atoms with E-state index in [0.29, 0.717) is 17.3 Å². The minimum atomic E-state index is -0.447. The molecule has 0 amide bonds. The first-order chi connectivity index (χ1) is 11.2. The Balaban J connectivity index is 1.98. The van der Waals surface area contributed by atoms with Crippen molar-refractivity contribution in [3.05, 3.63) is 58.6 Å². The van der Waals surface area contributed by atoms with Gasteiger partial charge in [0.05, 0.1) is 10.5 Å². The average Bonchev–Trinajstić information content (AvgIpc) is 3.06. The van der Waals surface area contributed by atoms with Gasteiger partial charge in [-0.15, -0.1) is 11.8 Å². The highest BCUT2D eigenvalue weighted by Crippen LogP contribution is 2.31. The smallest absolute Gasteiger partial charge is 0.270 e. The number of aromatic nitrogens is 2. The van der Waals surface area contributed by atoms with Gasteiger partial charge in [-0.3, -0.25) is 10.1 Å². The molecule has 0 aliphatic carbocycles. The summed E-state index contributed by atoms with van der Waals surface area (Å²) < 4.78 is 5.35. The minimum absolute atomic E-state index is 0.00390. The van der Waals surface area contributed by atoms with E-state index >= 15 is 0 Å². The summed E-state index contributed by atoms with van der Waals surface area (Å²) in [6.07, 6.45) is 0. The quantitative estimate of drug-likeness (QED) is 0.392. The zero-order valence-electron chi connectivity index (χ0n) is 12.3. The monoisotopic (exact) mass is 327 g/mol. The number of hydrogen-bond donors (Lipinski definition) is 0. The molecule has 116 valence electrons. The Morgan fingerprint density at radius 3 is 2.83 bits per heavy atom. The summed E-state index contributed by atoms with van der Waals surface area (Å²) in [5.41, 5.74) is 1.41. The van der Waals surface area contributed by atoms with E-state index in [2.05, 4.69) is 17.1 Å². The van der Waals surface area contributed by atoms with Crippen molar-refractivity contribution in [3.63, 3.8) is 0 Å². The summed E-state index contributed by atoms with van der Waals surface area (Å²) in [5.74, 6) is 1.67. The summed E-state index contributed by atoms with van der Waals surface area (Å²) in [4.78, 5) is 15.9. The Labute approximate surface area is 136 Å². The number of nitro benzene ring substituents is 1. The van der Waals surface area contributed by atoms with Gasteiger partial charge in [-0.05, 0) is 17.9 Å². The lowest BCUT2D eigenvalue weighted by atomic mass is 10.2. The molecule has 0 spiro atoms. The summed E-state index contributed by atoms with van der Waals surface area (Å²) in [6.45, 7) is 2.07. The molecule has 0 unspecified atom stereocenters. The summed E-state index contributed by atoms with van der Waals surface area (Å²) >= 11 is 1.69. The van der Waals surface area contributed by atoms with Crippen molar-refractivity contribution in [2.75, 3.05) is 5.75 Å². The fourth-order valence-corrected chi connectivity index (χ4v) is 2.93. The Morgan fingerprint density at radius 1 is 1.22 bits per heavy atom. The number of thioether (sulfide) groups is 1. The van der Waals surface area contributed by atoms with Crippen molar-refractivity contribution in [2.45, 2.75) is 11.8 Å². The molecule has 0 radical (unpaired) electrons. The standard InChI is InChI=1S/C16H13N3O3S/c1-2-23-14-9-4-3-8-13(14)16-17-15(18-22-16)11-6-5-7-12(10-11)19(20)21/h3-10H,2H2,1H3. The number of nitrogens with zero attached hydrogens (tertiary/aromatic N) is 3. The first-order valence-corrected chi connectivity index (χ1v) is 7.98. The van der Waals surface area contributed by atoms with Crippen LogP contribution < -0.4 is 0 Å². The molecule has 0 fully saturated rings. The number of rotatable bonds is 5. The zero-order valence-corrected chi connectivity index (χ0v) is 13.1. The third kappa shape index (κ3) is 3.24. The molecule has 0 N–H and O–H groups in total. The normalized spacial score (nSPS) is 10.7. The van der Waals surface area contributed by atoms with Crippen molar-refractivity contribution in [3.8, 4) is 22.8 Å². The molecule has 0 aliphatic rings. The molecular weight excluding hydrogens is 314 g/mol. The van der Waals surface area contributed by atoms with Crippen LogP contribution in [0.3, 0.4) is 0 Å². The van der Waals surface area contributed by atoms with E-state index in [1.165, 1.54) is 12.1 Å². The van der Waals surface area contributed by atoms with Crippen LogP contribution in [-0.4, -0.2) is 20.8 Å². The SMILES string of the molecule is CCSc1ccccc1-c1nc(-c2cccc([N+](=O)[O-])c2)no1. The first-order valence-electron chi connectivity index (χ1n) is 6.99. The van der Waals surface area contributed by atoms with Gasteiger partial charge >= 0.3 is 0 Å². The fraction of sp³-hybridized carbons (Fsp3) is 0.125. The van der Waals surface area contributed by atoms with Crippen molar-refractivity contribution in [2.24, 2.45) is 0 Å². The van der Waals surface area contributed by atoms with Crippen LogP contribution in [0, 0.1) is 10.1 Å². The summed E-state index contributed by atoms with van der Waals surface area (Å²) in [7, 11) is 0. The number of benzene rings is 2. The van der Waals surface area contributed by atoms with Gasteiger partial charge in [-0.2, -0.15) is 4.98 Å². The highest BCUT2D eigenvalue weighted by atomic mass is 32.2. The topological polar surface area (TPSA) is 82.1 Å². The van der Waals surface area contributed by atoms with E-state index in [9.17, 15) is 10.1 Å². The highest BCUT2D eigenvalue weighted by molar-refractivity contribution is 7.99. The predicted molar refractivity (Wildman–Crippen MR) is 88.2 cm³/mol. The van der Waals surface area contributed by atoms with Crippen molar-refractivity contribution in [1.29, 1.82) is 0 Å². The van der Waals surface area contributed by atoms with Crippen molar-refractivity contribution in [1.82, 2.24) is 10.1 Å². The van der Waals surface area contributed by atoms with Crippen LogP contribution in [0.2, 0.25) is 0 Å². The van der Waals surface area contributed by atoms with Gasteiger partial charge in [0.2, 0.25) is 5.82 Å². The molecule has 1 aromatic heterocycles. The molecule has 0 atom stereocenters. The fourth-order valence-electron chi connectivity index (χ4n) is 2.13. The number of nitro groups is 1. The maximum absolute atomic E-state index is 10.9. The summed E-state index contributed by atoms with van der Waals surface area (Å²) in [6, 6.07) is 14.0. The maximum atomic E-state index is 10.9. The second kappa shape index (κ2) is 6.62. The molecule has 0 saturated carbocycles. The van der Waals surface area contributed by atoms with E-state index in [1.54, 1.807) is 23.9 Å². The molecule has 3 aromatic rings. The van der Waals surface area contributed by atoms with Gasteiger partial charge in [0.25, 0.3) is 11.6 Å². The molecular formula is C16H13N3O3S. The van der Waals surface area contributed by atoms with Gasteiger partial charge in [0.15, 0.2) is 0 Å². The Hall–Kier alpha value is -2.67. The van der Waals surface area contributed by atoms with Crippen molar-refractivity contribution >= 4 is 17.4 Å². The van der Waals surface area contributed by atoms with E-state index < -0.39 is 4.92 Å². The molecule has 6 nitrogen and oxygen atoms in total. The van der Waals surface area contributed by atoms with E-state index in [-0.39, 0.29) is 5.69 Å². The largest absolute Gasteiger partial charge is 0.334 e. The Kier molecular flexibility index (Phi) is 4.38. The van der Waals surface area contributed by atoms with Crippen LogP contribution in [-0.2, 0) is 0 Å². The van der Waals surface area contributed by atoms with Gasteiger partial charge < -0.3 is 4.52 Å². The van der Waals surface area contributed by atoms with Crippen LogP contribution >= 0.6 is 11.8 Å². The number of non-ortho nitro benzene ring substituents is 1. The van der Waals surface area contributed by atoms with E-state index in [0.717, 1.165) is 16.2 Å². The highest BCUT2D eigenvalue weighted by Gasteiger charge is 2.15. The molecule has 2 aromatic carbocycles. The van der Waals surface area contributed by atoms with Crippen LogP contribution in [0.5, 0.6) is 0 Å². The third-order valence-electron chi connectivity index (χ3n) is 3.16. The molecule has 3 rings (SSSR count). The predicted octanol–water partition coefficient (Wildman–Crippen LogP) is 4.42. The van der Waals surface area contributed by atoms with Gasteiger partial charge in [0.1, 0.15) is 0 Å². The molecule has 7 heteroatoms. The van der Waals surface area contributed by atoms with Crippen LogP contribution in [0.15, 0.2) is 57.9 Å². The Bertz CT molecular complexity index is 848. The van der Waals surface area contributed by atoms with E-state index in [1.807, 2.05) is 24.3 Å². The average molecular weight is 327 g/mol. The van der Waals surface area contributed by atoms with Gasteiger partial charge in [-0.25, -0.2) is 0 Å². The van der Waals surface area contributed by atoms with Crippen LogP contribution in [0.4, 0.5) is 5.69 Å². The lowest BCUT2D eigenvalue weighted by molar-refractivity contribution is -0.384. The molecule has 0 saturated heterocycles. The number of hydrogen-bond acceptors (Lipinski definition) is 6. The van der Waals surface area contributed by atoms with Gasteiger partial charge in [-0.1, -0.05) is 36.3 Å². The molecule has 0 aliphatic heterocycles. The van der Waals surface area contributed by atoms with Crippen LogP contribution in [0.1, 0.15) is 6.92 Å². The van der Waals surface area contributed by atoms with Gasteiger partial charge in [0, 0.05) is 22.6 Å². The minimum Gasteiger partial charge on any atom is -0.334 e. The zero-order chi connectivity index (χ0) is 16.2. The van der Waals surface area contributed by atoms with Crippen LogP contribution in [0.25, 0.3) is 22.8 Å².